The van der Waals surface area contributed by atoms with Gasteiger partial charge < -0.3 is 14.9 Å². The van der Waals surface area contributed by atoms with Gasteiger partial charge in [0.05, 0.1) is 18.7 Å². The lowest BCUT2D eigenvalue weighted by Crippen LogP contribution is -2.70. The number of hydrogen-bond donors (Lipinski definition) is 1. The van der Waals surface area contributed by atoms with Crippen LogP contribution in [0.2, 0.25) is 0 Å². The van der Waals surface area contributed by atoms with E-state index in [1.807, 2.05) is 24.3 Å². The van der Waals surface area contributed by atoms with E-state index in [0.29, 0.717) is 12.1 Å². The number of aliphatic hydroxyl groups is 1. The summed E-state index contributed by atoms with van der Waals surface area (Å²) in [5.41, 5.74) is 2.13. The number of fused-ring (bicyclic) bond motifs is 3. The molecule has 0 saturated carbocycles. The van der Waals surface area contributed by atoms with E-state index in [0.717, 1.165) is 11.3 Å². The third-order valence-corrected chi connectivity index (χ3v) is 5.39. The highest BCUT2D eigenvalue weighted by Crippen LogP contribution is 2.48. The lowest BCUT2D eigenvalue weighted by atomic mass is 9.72. The van der Waals surface area contributed by atoms with Crippen LogP contribution in [0.5, 0.6) is 0 Å². The van der Waals surface area contributed by atoms with E-state index in [1.54, 1.807) is 9.80 Å². The maximum Gasteiger partial charge on any atom is 0.258 e. The fourth-order valence-electron chi connectivity index (χ4n) is 4.27. The van der Waals surface area contributed by atoms with Crippen molar-refractivity contribution in [2.75, 3.05) is 18.1 Å². The van der Waals surface area contributed by atoms with Gasteiger partial charge in [0.1, 0.15) is 5.82 Å². The fourth-order valence-corrected chi connectivity index (χ4v) is 4.27. The van der Waals surface area contributed by atoms with E-state index in [1.165, 1.54) is 31.2 Å². The molecule has 2 aliphatic heterocycles. The van der Waals surface area contributed by atoms with Gasteiger partial charge in [-0.1, -0.05) is 18.2 Å². The number of rotatable bonds is 2. The van der Waals surface area contributed by atoms with E-state index < -0.39 is 5.82 Å². The average Bonchev–Trinajstić information content (AvgIpc) is 2.62. The lowest BCUT2D eigenvalue weighted by molar-refractivity contribution is -0.147. The van der Waals surface area contributed by atoms with Crippen LogP contribution >= 0.6 is 0 Å². The Hall–Kier alpha value is -2.73. The van der Waals surface area contributed by atoms with Gasteiger partial charge in [0, 0.05) is 30.6 Å². The van der Waals surface area contributed by atoms with Gasteiger partial charge in [-0.3, -0.25) is 9.59 Å². The number of anilines is 1. The van der Waals surface area contributed by atoms with Gasteiger partial charge in [0.2, 0.25) is 5.91 Å². The summed E-state index contributed by atoms with van der Waals surface area (Å²) in [6.45, 7) is 1.72. The molecule has 0 aliphatic carbocycles. The van der Waals surface area contributed by atoms with Crippen molar-refractivity contribution in [3.05, 3.63) is 65.5 Å². The smallest absolute Gasteiger partial charge is 0.258 e. The second-order valence-electron chi connectivity index (χ2n) is 6.75. The quantitative estimate of drug-likeness (QED) is 0.899. The topological polar surface area (TPSA) is 60.9 Å². The monoisotopic (exact) mass is 354 g/mol. The molecule has 0 radical (unpaired) electrons. The molecule has 0 spiro atoms. The number of halogens is 1. The zero-order chi connectivity index (χ0) is 18.4. The third-order valence-electron chi connectivity index (χ3n) is 5.39. The maximum atomic E-state index is 13.2. The Balaban J connectivity index is 1.74. The highest BCUT2D eigenvalue weighted by atomic mass is 19.1. The van der Waals surface area contributed by atoms with Crippen LogP contribution in [0.3, 0.4) is 0 Å². The Bertz CT molecular complexity index is 868. The molecular weight excluding hydrogens is 335 g/mol. The molecule has 0 aromatic heterocycles. The summed E-state index contributed by atoms with van der Waals surface area (Å²) in [6.07, 6.45) is 0. The Morgan fingerprint density at radius 3 is 2.50 bits per heavy atom. The van der Waals surface area contributed by atoms with Crippen LogP contribution in [0.4, 0.5) is 10.1 Å². The summed E-state index contributed by atoms with van der Waals surface area (Å²) >= 11 is 0. The molecule has 0 bridgehead atoms. The van der Waals surface area contributed by atoms with Crippen LogP contribution in [-0.4, -0.2) is 47.1 Å². The normalized spacial score (nSPS) is 23.7. The number of likely N-dealkylation sites (tertiary alicyclic amines) is 1. The molecule has 6 heteroatoms. The fraction of sp³-hybridized carbons (Fsp3) is 0.300. The number of carbonyl (C=O) groups is 2. The molecule has 0 unspecified atom stereocenters. The Morgan fingerprint density at radius 1 is 1.15 bits per heavy atom. The van der Waals surface area contributed by atoms with Gasteiger partial charge >= 0.3 is 0 Å². The van der Waals surface area contributed by atoms with Crippen molar-refractivity contribution in [1.82, 2.24) is 4.90 Å². The Labute approximate surface area is 150 Å². The van der Waals surface area contributed by atoms with Gasteiger partial charge in [-0.05, 0) is 35.9 Å². The molecule has 3 atom stereocenters. The minimum atomic E-state index is -0.395. The Kier molecular flexibility index (Phi) is 4.00. The molecule has 1 fully saturated rings. The summed E-state index contributed by atoms with van der Waals surface area (Å²) in [7, 11) is 0. The van der Waals surface area contributed by atoms with Gasteiger partial charge in [-0.2, -0.15) is 0 Å². The standard InChI is InChI=1S/C20H19FN2O3/c1-12(25)23-17-10-22(20(26)13-6-8-14(21)9-7-13)16-5-3-2-4-15(16)19(17)18(23)11-24/h2-9,17-19,24H,10-11H2,1H3/t17-,18+,19+/m0/s1. The van der Waals surface area contributed by atoms with Crippen molar-refractivity contribution >= 4 is 17.5 Å². The Morgan fingerprint density at radius 2 is 1.85 bits per heavy atom. The molecule has 2 heterocycles. The van der Waals surface area contributed by atoms with Gasteiger partial charge in [0.15, 0.2) is 0 Å². The number of benzene rings is 2. The largest absolute Gasteiger partial charge is 0.394 e. The van der Waals surface area contributed by atoms with E-state index in [4.69, 9.17) is 0 Å². The summed E-state index contributed by atoms with van der Waals surface area (Å²) in [5.74, 6) is -0.726. The highest BCUT2D eigenvalue weighted by molar-refractivity contribution is 6.07. The number of hydrogen-bond acceptors (Lipinski definition) is 3. The highest BCUT2D eigenvalue weighted by Gasteiger charge is 2.54. The predicted octanol–water partition coefficient (Wildman–Crippen LogP) is 2.16. The van der Waals surface area contributed by atoms with Crippen molar-refractivity contribution in [3.8, 4) is 0 Å². The zero-order valence-electron chi connectivity index (χ0n) is 14.3. The van der Waals surface area contributed by atoms with E-state index in [2.05, 4.69) is 0 Å². The van der Waals surface area contributed by atoms with Crippen LogP contribution in [0, 0.1) is 5.82 Å². The molecule has 1 saturated heterocycles. The van der Waals surface area contributed by atoms with E-state index in [-0.39, 0.29) is 36.4 Å². The predicted molar refractivity (Wildman–Crippen MR) is 94.4 cm³/mol. The summed E-state index contributed by atoms with van der Waals surface area (Å²) in [6, 6.07) is 12.6. The molecule has 2 aromatic rings. The SMILES string of the molecule is CC(=O)N1[C@H](CO)[C@@H]2c3ccccc3N(C(=O)c3ccc(F)cc3)C[C@@H]21. The first-order valence-corrected chi connectivity index (χ1v) is 8.59. The molecule has 2 amide bonds. The number of aliphatic hydroxyl groups excluding tert-OH is 1. The summed E-state index contributed by atoms with van der Waals surface area (Å²) < 4.78 is 13.2. The first-order chi connectivity index (χ1) is 12.5. The van der Waals surface area contributed by atoms with Crippen LogP contribution in [0.15, 0.2) is 48.5 Å². The van der Waals surface area contributed by atoms with Crippen LogP contribution in [-0.2, 0) is 4.79 Å². The molecule has 26 heavy (non-hydrogen) atoms. The van der Waals surface area contributed by atoms with Crippen LogP contribution in [0.1, 0.15) is 28.8 Å². The zero-order valence-corrected chi connectivity index (χ0v) is 14.3. The van der Waals surface area contributed by atoms with Crippen molar-refractivity contribution in [2.45, 2.75) is 24.9 Å². The van der Waals surface area contributed by atoms with Crippen molar-refractivity contribution in [2.24, 2.45) is 0 Å². The number of carbonyl (C=O) groups excluding carboxylic acids is 2. The third kappa shape index (κ3) is 2.41. The van der Waals surface area contributed by atoms with Crippen LogP contribution in [0.25, 0.3) is 0 Å². The molecular formula is C20H19FN2O3. The van der Waals surface area contributed by atoms with Crippen LogP contribution < -0.4 is 4.90 Å². The van der Waals surface area contributed by atoms with Gasteiger partial charge in [-0.15, -0.1) is 0 Å². The van der Waals surface area contributed by atoms with Crippen molar-refractivity contribution in [1.29, 1.82) is 0 Å². The van der Waals surface area contributed by atoms with E-state index >= 15 is 0 Å². The second kappa shape index (κ2) is 6.21. The van der Waals surface area contributed by atoms with Crippen molar-refractivity contribution in [3.63, 3.8) is 0 Å². The van der Waals surface area contributed by atoms with Gasteiger partial charge in [-0.25, -0.2) is 4.39 Å². The van der Waals surface area contributed by atoms with Gasteiger partial charge in [0.25, 0.3) is 5.91 Å². The molecule has 1 N–H and O–H groups in total. The molecule has 2 aromatic carbocycles. The molecule has 4 rings (SSSR count). The lowest BCUT2D eigenvalue weighted by Gasteiger charge is -2.58. The summed E-state index contributed by atoms with van der Waals surface area (Å²) in [5, 5.41) is 9.74. The average molecular weight is 354 g/mol. The first-order valence-electron chi connectivity index (χ1n) is 8.59. The maximum absolute atomic E-state index is 13.2. The molecule has 134 valence electrons. The molecule has 2 aliphatic rings. The second-order valence-corrected chi connectivity index (χ2v) is 6.75. The number of amides is 2. The molecule has 5 nitrogen and oxygen atoms in total. The number of para-hydroxylation sites is 1. The summed E-state index contributed by atoms with van der Waals surface area (Å²) in [4.78, 5) is 28.3. The minimum Gasteiger partial charge on any atom is -0.394 e. The van der Waals surface area contributed by atoms with E-state index in [9.17, 15) is 19.1 Å². The van der Waals surface area contributed by atoms with Crippen molar-refractivity contribution < 1.29 is 19.1 Å². The number of nitrogens with zero attached hydrogens (tertiary/aromatic N) is 2. The first kappa shape index (κ1) is 16.7. The minimum absolute atomic E-state index is 0.0115.